The molecule has 10 heterocycles. The second-order valence-corrected chi connectivity index (χ2v) is 35.6. The molecule has 10 aromatic heterocycles. The quantitative estimate of drug-likeness (QED) is 0.129. The number of nitrogens with zero attached hydrogens (tertiary/aromatic N) is 10. The van der Waals surface area contributed by atoms with Gasteiger partial charge in [0.2, 0.25) is 26.4 Å². The minimum atomic E-state index is 0.269. The summed E-state index contributed by atoms with van der Waals surface area (Å²) in [4.78, 5) is 48.7. The van der Waals surface area contributed by atoms with Crippen molar-refractivity contribution in [1.82, 2.24) is 49.8 Å². The predicted molar refractivity (Wildman–Crippen MR) is 540 cm³/mol. The van der Waals surface area contributed by atoms with Crippen LogP contribution in [0.1, 0.15) is 14.7 Å². The average molecular weight is 1810 g/mol. The van der Waals surface area contributed by atoms with Crippen LogP contribution in [0.15, 0.2) is 370 Å². The summed E-state index contributed by atoms with van der Waals surface area (Å²) >= 11 is 39.4. The SMILES string of the molecule is Clc1nc(-c2cc(-c3ccccc3)cc(-c3ccccc3)c2)c2c(n1)sc1ccccc12.Clc1nc(-c2ccc(-c3ccccc3)cc2)c2c(n1)sc1ccccc12.Clc1nc(-c2cccc(-c3ccccc3)c2)c2c(n1)sc1ccccc12.Clc1nc(-c2ccccc2)c2c(n1)sc1ccccc12.Clc1nc(-c2ccccc2)c2sc3ccccc3c2n1.[2H]C.[2H][2H].[2H][2H]. The second kappa shape index (κ2) is 36.5. The van der Waals surface area contributed by atoms with Crippen molar-refractivity contribution in [2.24, 2.45) is 0 Å². The van der Waals surface area contributed by atoms with Gasteiger partial charge < -0.3 is 0 Å². The normalized spacial score (nSPS) is 11.4. The number of fused-ring (bicyclic) bond motifs is 15. The third-order valence-electron chi connectivity index (χ3n) is 21.1. The van der Waals surface area contributed by atoms with Crippen LogP contribution in [0.4, 0.5) is 0 Å². The molecule has 0 saturated heterocycles. The first-order chi connectivity index (χ1) is 64.0. The second-order valence-electron chi connectivity index (χ2n) is 28.7. The molecule has 24 aromatic rings. The number of aromatic nitrogens is 10. The van der Waals surface area contributed by atoms with Crippen molar-refractivity contribution in [2.75, 3.05) is 0 Å². The van der Waals surface area contributed by atoms with Gasteiger partial charge in [-0.05, 0) is 157 Å². The number of hydrogen-bond acceptors (Lipinski definition) is 15. The van der Waals surface area contributed by atoms with Crippen molar-refractivity contribution in [3.63, 3.8) is 0 Å². The summed E-state index contributed by atoms with van der Waals surface area (Å²) in [5, 5.41) is 11.5. The van der Waals surface area contributed by atoms with Gasteiger partial charge >= 0.3 is 0 Å². The summed E-state index contributed by atoms with van der Waals surface area (Å²) in [6, 6.07) is 127. The summed E-state index contributed by atoms with van der Waals surface area (Å²) < 4.78 is 32.8. The van der Waals surface area contributed by atoms with Crippen LogP contribution in [0.2, 0.25) is 26.4 Å². The third-order valence-corrected chi connectivity index (χ3v) is 27.3. The highest BCUT2D eigenvalue weighted by Crippen LogP contribution is 2.46. The first-order valence-electron chi connectivity index (χ1n) is 42.4. The molecule has 14 aromatic carbocycles. The van der Waals surface area contributed by atoms with E-state index in [-0.39, 0.29) is 15.9 Å². The molecule has 24 rings (SSSR count). The molecule has 0 aliphatic rings. The zero-order valence-electron chi connectivity index (χ0n) is 71.1. The van der Waals surface area contributed by atoms with Crippen LogP contribution in [-0.4, -0.2) is 49.8 Å². The van der Waals surface area contributed by atoms with Crippen LogP contribution >= 0.6 is 115 Å². The Morgan fingerprint density at radius 3 is 0.816 bits per heavy atom. The Morgan fingerprint density at radius 2 is 0.432 bits per heavy atom. The van der Waals surface area contributed by atoms with Crippen molar-refractivity contribution in [2.45, 2.75) is 7.40 Å². The highest BCUT2D eigenvalue weighted by atomic mass is 35.5. The Balaban J connectivity index is 0.000000113. The van der Waals surface area contributed by atoms with Gasteiger partial charge in [-0.25, -0.2) is 49.8 Å². The summed E-state index contributed by atoms with van der Waals surface area (Å²) in [5.41, 5.74) is 20.0. The molecule has 0 unspecified atom stereocenters. The van der Waals surface area contributed by atoms with Crippen LogP contribution < -0.4 is 0 Å². The van der Waals surface area contributed by atoms with E-state index in [1.165, 1.54) is 63.8 Å². The molecule has 0 saturated carbocycles. The molecule has 0 bridgehead atoms. The summed E-state index contributed by atoms with van der Waals surface area (Å²) in [6.07, 6.45) is 0. The molecular weight excluding hydrogens is 1740 g/mol. The van der Waals surface area contributed by atoms with Gasteiger partial charge in [-0.3, -0.25) is 0 Å². The summed E-state index contributed by atoms with van der Waals surface area (Å²) in [5.74, 6) is 0. The van der Waals surface area contributed by atoms with Gasteiger partial charge in [0.15, 0.2) is 0 Å². The zero-order chi connectivity index (χ0) is 89.6. The zero-order valence-corrected chi connectivity index (χ0v) is 74.0. The van der Waals surface area contributed by atoms with Gasteiger partial charge in [0.1, 0.15) is 19.3 Å². The average Bonchev–Trinajstić information content (AvgIpc) is 1.59. The number of benzene rings is 14. The molecule has 0 aliphatic heterocycles. The lowest BCUT2D eigenvalue weighted by Gasteiger charge is -2.12. The third kappa shape index (κ3) is 17.1. The Labute approximate surface area is 771 Å². The maximum Gasteiger partial charge on any atom is 0.224 e. The fraction of sp³-hybridized carbons (Fsp3) is 0.00952. The first-order valence-corrected chi connectivity index (χ1v) is 45.4. The lowest BCUT2D eigenvalue weighted by molar-refractivity contribution is 1.24. The van der Waals surface area contributed by atoms with Crippen LogP contribution in [-0.2, 0) is 0 Å². The molecular formula is C105H69Cl5N10S5. The molecule has 0 aliphatic carbocycles. The highest BCUT2D eigenvalue weighted by molar-refractivity contribution is 7.27. The van der Waals surface area contributed by atoms with Crippen molar-refractivity contribution in [3.05, 3.63) is 396 Å². The maximum atomic E-state index is 6.40. The number of hydrogen-bond donors (Lipinski definition) is 0. The highest BCUT2D eigenvalue weighted by Gasteiger charge is 2.22. The monoisotopic (exact) mass is 1810 g/mol. The molecule has 0 spiro atoms. The van der Waals surface area contributed by atoms with Gasteiger partial charge in [-0.1, -0.05) is 323 Å². The largest absolute Gasteiger partial charge is 0.224 e. The minimum Gasteiger partial charge on any atom is -0.217 e. The molecule has 20 heteroatoms. The van der Waals surface area contributed by atoms with Gasteiger partial charge in [0.25, 0.3) is 0 Å². The molecule has 0 N–H and O–H groups in total. The van der Waals surface area contributed by atoms with Crippen molar-refractivity contribution in [3.8, 4) is 101 Å². The van der Waals surface area contributed by atoms with Gasteiger partial charge in [0.05, 0.1) is 38.7 Å². The topological polar surface area (TPSA) is 129 Å². The lowest BCUT2D eigenvalue weighted by atomic mass is 9.94. The Bertz CT molecular complexity index is 8030. The fourth-order valence-corrected chi connectivity index (χ4v) is 22.0. The van der Waals surface area contributed by atoms with Gasteiger partial charge in [-0.15, -0.1) is 56.7 Å². The molecule has 0 radical (unpaired) electrons. The molecule has 0 fully saturated rings. The van der Waals surface area contributed by atoms with Crippen molar-refractivity contribution >= 4 is 216 Å². The molecule has 10 nitrogen and oxygen atoms in total. The Hall–Kier alpha value is -13.0. The van der Waals surface area contributed by atoms with Gasteiger partial charge in [-0.2, -0.15) is 0 Å². The Morgan fingerprint density at radius 1 is 0.200 bits per heavy atom. The van der Waals surface area contributed by atoms with E-state index >= 15 is 0 Å². The first kappa shape index (κ1) is 78.0. The molecule has 604 valence electrons. The van der Waals surface area contributed by atoms with E-state index in [1.807, 2.05) is 146 Å². The van der Waals surface area contributed by atoms with Crippen LogP contribution in [0, 0.1) is 0 Å². The maximum absolute atomic E-state index is 6.40. The molecule has 0 amide bonds. The van der Waals surface area contributed by atoms with E-state index in [4.69, 9.17) is 70.3 Å². The van der Waals surface area contributed by atoms with E-state index in [9.17, 15) is 0 Å². The van der Waals surface area contributed by atoms with Crippen LogP contribution in [0.5, 0.6) is 0 Å². The number of halogens is 5. The van der Waals surface area contributed by atoms with Gasteiger partial charge in [0, 0.05) is 107 Å². The summed E-state index contributed by atoms with van der Waals surface area (Å²) in [6.45, 7) is 0. The van der Waals surface area contributed by atoms with Crippen LogP contribution in [0.25, 0.3) is 202 Å². The van der Waals surface area contributed by atoms with E-state index in [2.05, 4.69) is 269 Å². The van der Waals surface area contributed by atoms with E-state index in [0.29, 0.717) is 10.6 Å². The van der Waals surface area contributed by atoms with Crippen molar-refractivity contribution in [1.29, 1.82) is 0 Å². The predicted octanol–water partition coefficient (Wildman–Crippen LogP) is 33.6. The molecule has 0 atom stereocenters. The Kier molecular flexibility index (Phi) is 22.8. The minimum absolute atomic E-state index is 0.269. The van der Waals surface area contributed by atoms with Crippen molar-refractivity contribution < 1.29 is 7.31 Å². The number of rotatable bonds is 9. The fourth-order valence-electron chi connectivity index (χ4n) is 15.5. The number of thiophene rings is 5. The van der Waals surface area contributed by atoms with E-state index in [1.54, 1.807) is 56.7 Å². The lowest BCUT2D eigenvalue weighted by Crippen LogP contribution is -1.91. The molecule has 125 heavy (non-hydrogen) atoms. The summed E-state index contributed by atoms with van der Waals surface area (Å²) in [7, 11) is 1.25. The van der Waals surface area contributed by atoms with E-state index in [0.717, 1.165) is 146 Å². The smallest absolute Gasteiger partial charge is 0.217 e. The van der Waals surface area contributed by atoms with Crippen LogP contribution in [0.3, 0.4) is 0 Å². The van der Waals surface area contributed by atoms with E-state index < -0.39 is 0 Å². The standard InChI is InChI=1S/C28H17ClN2S.2C22H13ClN2S.2C16H9ClN2S.CH4.2H2/c29-28-30-26(25-23-13-7-8-14-24(23)32-27(25)31-28)22-16-20(18-9-3-1-4-10-18)15-21(17-22)19-11-5-2-6-12-19;23-22-24-20(19-17-11-4-5-12-18(17)26-21(19)25-22)16-10-6-9-15(13-16)14-7-2-1-3-8-14;23-22-24-20(19-17-8-4-5-9-18(17)26-21(19)25-22)16-12-10-15(11-13-16)14-6-2-1-3-7-14;17-16-18-14(10-6-2-1-3-7-10)13-11-8-4-5-9-12(11)20-15(13)19-16;17-16-18-13(10-6-2-1-3-7-10)15-14(19-16)11-8-4-5-9-12(11)20-15;;;/h1-17H;2*1-13H;2*1-9H;1H4;2*1H/i;;;;;1D;2*1+1D.